The molecule has 2 aromatic rings. The molecule has 1 aliphatic rings. The summed E-state index contributed by atoms with van der Waals surface area (Å²) in [5.41, 5.74) is 3.24. The fourth-order valence-electron chi connectivity index (χ4n) is 3.86. The van der Waals surface area contributed by atoms with Crippen molar-refractivity contribution in [2.24, 2.45) is 0 Å². The Morgan fingerprint density at radius 3 is 2.65 bits per heavy atom. The first-order chi connectivity index (χ1) is 11.1. The Morgan fingerprint density at radius 2 is 1.96 bits per heavy atom. The molecule has 0 heterocycles. The molecule has 3 rings (SSSR count). The van der Waals surface area contributed by atoms with Crippen LogP contribution in [-0.4, -0.2) is 11.1 Å². The van der Waals surface area contributed by atoms with Crippen LogP contribution in [-0.2, 0) is 10.2 Å². The lowest BCUT2D eigenvalue weighted by Crippen LogP contribution is -2.42. The highest BCUT2D eigenvalue weighted by molar-refractivity contribution is 5.88. The molecule has 0 saturated heterocycles. The van der Waals surface area contributed by atoms with E-state index in [4.69, 9.17) is 0 Å². The largest absolute Gasteiger partial charge is 0.289 e. The van der Waals surface area contributed by atoms with Crippen molar-refractivity contribution in [1.82, 2.24) is 5.48 Å². The van der Waals surface area contributed by atoms with Gasteiger partial charge in [0.15, 0.2) is 0 Å². The van der Waals surface area contributed by atoms with Crippen molar-refractivity contribution in [2.45, 2.75) is 37.5 Å². The second kappa shape index (κ2) is 6.13. The molecule has 23 heavy (non-hydrogen) atoms. The van der Waals surface area contributed by atoms with Gasteiger partial charge in [-0.1, -0.05) is 42.5 Å². The average molecular weight is 313 g/mol. The number of carbonyl (C=O) groups is 1. The van der Waals surface area contributed by atoms with E-state index >= 15 is 0 Å². The number of carbonyl (C=O) groups excluding carboxylic acids is 1. The minimum atomic E-state index is -0.887. The molecule has 1 amide bonds. The summed E-state index contributed by atoms with van der Waals surface area (Å²) in [4.78, 5) is 12.5. The van der Waals surface area contributed by atoms with Crippen molar-refractivity contribution in [3.05, 3.63) is 71.0 Å². The molecule has 0 bridgehead atoms. The zero-order valence-corrected chi connectivity index (χ0v) is 13.1. The van der Waals surface area contributed by atoms with Gasteiger partial charge in [-0.15, -0.1) is 0 Å². The average Bonchev–Trinajstić information content (AvgIpc) is 3.04. The van der Waals surface area contributed by atoms with E-state index < -0.39 is 11.3 Å². The molecule has 4 heteroatoms. The Kier molecular flexibility index (Phi) is 4.18. The van der Waals surface area contributed by atoms with Gasteiger partial charge in [-0.25, -0.2) is 9.87 Å². The van der Waals surface area contributed by atoms with E-state index in [9.17, 15) is 14.4 Å². The SMILES string of the molecule is Cc1c(F)cccc1[C@]1(C(=O)NO)CC[C@@H](c2ccccc2)C1. The predicted molar refractivity (Wildman–Crippen MR) is 85.8 cm³/mol. The maximum atomic E-state index is 14.0. The summed E-state index contributed by atoms with van der Waals surface area (Å²) >= 11 is 0. The topological polar surface area (TPSA) is 49.3 Å². The number of halogens is 1. The van der Waals surface area contributed by atoms with Crippen LogP contribution in [0.2, 0.25) is 0 Å². The standard InChI is InChI=1S/C19H20FNO2/c1-13-16(8-5-9-17(13)20)19(18(22)21-23)11-10-15(12-19)14-6-3-2-4-7-14/h2-9,15,23H,10-12H2,1H3,(H,21,22)/t15-,19+/m1/s1. The van der Waals surface area contributed by atoms with Crippen LogP contribution in [0.15, 0.2) is 48.5 Å². The summed E-state index contributed by atoms with van der Waals surface area (Å²) in [7, 11) is 0. The second-order valence-corrected chi connectivity index (χ2v) is 6.29. The Hall–Kier alpha value is -2.20. The van der Waals surface area contributed by atoms with Crippen LogP contribution in [0.5, 0.6) is 0 Å². The van der Waals surface area contributed by atoms with Gasteiger partial charge in [0.25, 0.3) is 5.91 Å². The minimum absolute atomic E-state index is 0.219. The minimum Gasteiger partial charge on any atom is -0.289 e. The third-order valence-corrected chi connectivity index (χ3v) is 5.10. The Morgan fingerprint density at radius 1 is 1.22 bits per heavy atom. The number of benzene rings is 2. The Balaban J connectivity index is 2.03. The fourth-order valence-corrected chi connectivity index (χ4v) is 3.86. The molecule has 2 N–H and O–H groups in total. The van der Waals surface area contributed by atoms with E-state index in [0.29, 0.717) is 24.0 Å². The van der Waals surface area contributed by atoms with Gasteiger partial charge in [-0.2, -0.15) is 0 Å². The van der Waals surface area contributed by atoms with E-state index in [1.807, 2.05) is 18.2 Å². The highest BCUT2D eigenvalue weighted by Gasteiger charge is 2.47. The van der Waals surface area contributed by atoms with Crippen molar-refractivity contribution >= 4 is 5.91 Å². The molecule has 0 radical (unpaired) electrons. The zero-order valence-electron chi connectivity index (χ0n) is 13.1. The molecule has 2 aromatic carbocycles. The van der Waals surface area contributed by atoms with Gasteiger partial charge in [-0.05, 0) is 54.9 Å². The first kappa shape index (κ1) is 15.7. The summed E-state index contributed by atoms with van der Waals surface area (Å²) in [5, 5.41) is 9.25. The number of amides is 1. The van der Waals surface area contributed by atoms with Gasteiger partial charge in [0, 0.05) is 0 Å². The highest BCUT2D eigenvalue weighted by Crippen LogP contribution is 2.49. The first-order valence-corrected chi connectivity index (χ1v) is 7.83. The molecule has 2 atom stereocenters. The molecular weight excluding hydrogens is 293 g/mol. The molecule has 3 nitrogen and oxygen atoms in total. The van der Waals surface area contributed by atoms with E-state index in [0.717, 1.165) is 6.42 Å². The molecule has 1 aliphatic carbocycles. The zero-order chi connectivity index (χ0) is 16.4. The molecule has 0 spiro atoms. The lowest BCUT2D eigenvalue weighted by Gasteiger charge is -2.29. The van der Waals surface area contributed by atoms with Crippen LogP contribution >= 0.6 is 0 Å². The van der Waals surface area contributed by atoms with Crippen molar-refractivity contribution in [3.8, 4) is 0 Å². The van der Waals surface area contributed by atoms with Crippen LogP contribution in [0.1, 0.15) is 41.9 Å². The van der Waals surface area contributed by atoms with E-state index in [2.05, 4.69) is 12.1 Å². The lowest BCUT2D eigenvalue weighted by atomic mass is 9.75. The lowest BCUT2D eigenvalue weighted by molar-refractivity contribution is -0.135. The molecule has 1 fully saturated rings. The highest BCUT2D eigenvalue weighted by atomic mass is 19.1. The van der Waals surface area contributed by atoms with Gasteiger partial charge in [-0.3, -0.25) is 10.0 Å². The van der Waals surface area contributed by atoms with Crippen LogP contribution in [0.3, 0.4) is 0 Å². The molecular formula is C19H20FNO2. The van der Waals surface area contributed by atoms with Gasteiger partial charge in [0.05, 0.1) is 5.41 Å². The summed E-state index contributed by atoms with van der Waals surface area (Å²) < 4.78 is 14.0. The van der Waals surface area contributed by atoms with E-state index in [-0.39, 0.29) is 11.7 Å². The Bertz CT molecular complexity index is 717. The van der Waals surface area contributed by atoms with Crippen molar-refractivity contribution in [1.29, 1.82) is 0 Å². The molecule has 1 saturated carbocycles. The summed E-state index contributed by atoms with van der Waals surface area (Å²) in [6.07, 6.45) is 1.98. The number of nitrogens with one attached hydrogen (secondary N) is 1. The third-order valence-electron chi connectivity index (χ3n) is 5.10. The maximum Gasteiger partial charge on any atom is 0.254 e. The molecule has 0 unspecified atom stereocenters. The van der Waals surface area contributed by atoms with E-state index in [1.165, 1.54) is 11.6 Å². The van der Waals surface area contributed by atoms with E-state index in [1.54, 1.807) is 24.5 Å². The third kappa shape index (κ3) is 2.63. The monoisotopic (exact) mass is 313 g/mol. The molecule has 120 valence electrons. The van der Waals surface area contributed by atoms with Crippen LogP contribution in [0, 0.1) is 12.7 Å². The van der Waals surface area contributed by atoms with Crippen molar-refractivity contribution in [2.75, 3.05) is 0 Å². The van der Waals surface area contributed by atoms with Gasteiger partial charge < -0.3 is 0 Å². The Labute approximate surface area is 135 Å². The van der Waals surface area contributed by atoms with Gasteiger partial charge in [0.1, 0.15) is 5.82 Å². The van der Waals surface area contributed by atoms with Gasteiger partial charge >= 0.3 is 0 Å². The van der Waals surface area contributed by atoms with Gasteiger partial charge in [0.2, 0.25) is 0 Å². The quantitative estimate of drug-likeness (QED) is 0.668. The summed E-state index contributed by atoms with van der Waals surface area (Å²) in [5.74, 6) is -0.559. The number of hydrogen-bond acceptors (Lipinski definition) is 2. The summed E-state index contributed by atoms with van der Waals surface area (Å²) in [6, 6.07) is 14.8. The van der Waals surface area contributed by atoms with Crippen LogP contribution in [0.25, 0.3) is 0 Å². The number of rotatable bonds is 3. The van der Waals surface area contributed by atoms with Crippen molar-refractivity contribution < 1.29 is 14.4 Å². The van der Waals surface area contributed by atoms with Crippen LogP contribution in [0.4, 0.5) is 4.39 Å². The fraction of sp³-hybridized carbons (Fsp3) is 0.316. The smallest absolute Gasteiger partial charge is 0.254 e. The second-order valence-electron chi connectivity index (χ2n) is 6.29. The molecule has 0 aromatic heterocycles. The summed E-state index contributed by atoms with van der Waals surface area (Å²) in [6.45, 7) is 1.69. The maximum absolute atomic E-state index is 14.0. The number of hydroxylamine groups is 1. The molecule has 0 aliphatic heterocycles. The normalized spacial score (nSPS) is 23.7. The first-order valence-electron chi connectivity index (χ1n) is 7.83. The predicted octanol–water partition coefficient (Wildman–Crippen LogP) is 3.85. The number of hydrogen-bond donors (Lipinski definition) is 2. The van der Waals surface area contributed by atoms with Crippen LogP contribution < -0.4 is 5.48 Å². The van der Waals surface area contributed by atoms with Crippen molar-refractivity contribution in [3.63, 3.8) is 0 Å².